The summed E-state index contributed by atoms with van der Waals surface area (Å²) in [6, 6.07) is 16.7. The number of hydrogen-bond acceptors (Lipinski definition) is 3. The standard InChI is InChI=1S/C20H20N4/c1-15-22-19(20-10-3-4-12-24(15)20)14-23(2)13-16-7-5-9-18-17(16)8-6-11-21-18/h3-12H,13-14H2,1-2H3. The number of imidazole rings is 1. The molecule has 0 saturated carbocycles. The lowest BCUT2D eigenvalue weighted by molar-refractivity contribution is 0.318. The smallest absolute Gasteiger partial charge is 0.110 e. The van der Waals surface area contributed by atoms with Crippen LogP contribution in [0.3, 0.4) is 0 Å². The molecule has 0 bridgehead atoms. The van der Waals surface area contributed by atoms with E-state index in [2.05, 4.69) is 63.9 Å². The number of fused-ring (bicyclic) bond motifs is 2. The molecule has 1 aromatic carbocycles. The van der Waals surface area contributed by atoms with E-state index in [1.165, 1.54) is 16.5 Å². The van der Waals surface area contributed by atoms with Gasteiger partial charge in [0.15, 0.2) is 0 Å². The predicted molar refractivity (Wildman–Crippen MR) is 96.8 cm³/mol. The van der Waals surface area contributed by atoms with Crippen molar-refractivity contribution in [2.75, 3.05) is 7.05 Å². The van der Waals surface area contributed by atoms with Crippen molar-refractivity contribution in [3.05, 3.63) is 78.0 Å². The van der Waals surface area contributed by atoms with Crippen molar-refractivity contribution in [3.8, 4) is 0 Å². The quantitative estimate of drug-likeness (QED) is 0.574. The minimum atomic E-state index is 0.817. The van der Waals surface area contributed by atoms with Crippen molar-refractivity contribution in [3.63, 3.8) is 0 Å². The number of aromatic nitrogens is 3. The molecule has 0 aliphatic rings. The minimum absolute atomic E-state index is 0.817. The van der Waals surface area contributed by atoms with Crippen molar-refractivity contribution in [2.45, 2.75) is 20.0 Å². The first-order chi connectivity index (χ1) is 11.7. The van der Waals surface area contributed by atoms with E-state index in [0.717, 1.165) is 30.1 Å². The van der Waals surface area contributed by atoms with Crippen LogP contribution in [0.15, 0.2) is 60.9 Å². The van der Waals surface area contributed by atoms with Crippen molar-refractivity contribution in [1.82, 2.24) is 19.3 Å². The summed E-state index contributed by atoms with van der Waals surface area (Å²) < 4.78 is 2.14. The summed E-state index contributed by atoms with van der Waals surface area (Å²) in [6.07, 6.45) is 3.91. The molecule has 0 aliphatic carbocycles. The van der Waals surface area contributed by atoms with Crippen LogP contribution in [0.4, 0.5) is 0 Å². The van der Waals surface area contributed by atoms with Gasteiger partial charge < -0.3 is 4.40 Å². The summed E-state index contributed by atoms with van der Waals surface area (Å²) in [5.41, 5.74) is 4.64. The highest BCUT2D eigenvalue weighted by Crippen LogP contribution is 2.20. The average Bonchev–Trinajstić information content (AvgIpc) is 2.91. The molecule has 120 valence electrons. The van der Waals surface area contributed by atoms with E-state index < -0.39 is 0 Å². The van der Waals surface area contributed by atoms with Crippen LogP contribution in [0.1, 0.15) is 17.1 Å². The lowest BCUT2D eigenvalue weighted by Crippen LogP contribution is -2.18. The Hall–Kier alpha value is -2.72. The molecule has 4 aromatic rings. The fourth-order valence-corrected chi connectivity index (χ4v) is 3.29. The van der Waals surface area contributed by atoms with Gasteiger partial charge >= 0.3 is 0 Å². The monoisotopic (exact) mass is 316 g/mol. The molecule has 4 rings (SSSR count). The summed E-state index contributed by atoms with van der Waals surface area (Å²) >= 11 is 0. The summed E-state index contributed by atoms with van der Waals surface area (Å²) in [4.78, 5) is 11.5. The van der Waals surface area contributed by atoms with Gasteiger partial charge in [0, 0.05) is 30.9 Å². The molecule has 0 atom stereocenters. The molecule has 0 radical (unpaired) electrons. The van der Waals surface area contributed by atoms with E-state index in [4.69, 9.17) is 4.98 Å². The van der Waals surface area contributed by atoms with Crippen molar-refractivity contribution in [1.29, 1.82) is 0 Å². The first-order valence-corrected chi connectivity index (χ1v) is 8.16. The van der Waals surface area contributed by atoms with Crippen LogP contribution in [0, 0.1) is 6.92 Å². The summed E-state index contributed by atoms with van der Waals surface area (Å²) in [6.45, 7) is 3.73. The molecule has 0 fully saturated rings. The Morgan fingerprint density at radius 1 is 1.00 bits per heavy atom. The van der Waals surface area contributed by atoms with Gasteiger partial charge in [0.2, 0.25) is 0 Å². The lowest BCUT2D eigenvalue weighted by Gasteiger charge is -2.17. The van der Waals surface area contributed by atoms with Crippen molar-refractivity contribution in [2.24, 2.45) is 0 Å². The van der Waals surface area contributed by atoms with Crippen LogP contribution in [0.2, 0.25) is 0 Å². The molecule has 4 nitrogen and oxygen atoms in total. The Labute approximate surface area is 141 Å². The van der Waals surface area contributed by atoms with E-state index >= 15 is 0 Å². The predicted octanol–water partition coefficient (Wildman–Crippen LogP) is 3.82. The van der Waals surface area contributed by atoms with Gasteiger partial charge in [0.25, 0.3) is 0 Å². The van der Waals surface area contributed by atoms with Crippen molar-refractivity contribution < 1.29 is 0 Å². The van der Waals surface area contributed by atoms with E-state index in [0.29, 0.717) is 0 Å². The van der Waals surface area contributed by atoms with Gasteiger partial charge in [0.05, 0.1) is 16.7 Å². The van der Waals surface area contributed by atoms with Crippen LogP contribution in [0.25, 0.3) is 16.4 Å². The maximum atomic E-state index is 4.74. The van der Waals surface area contributed by atoms with Crippen LogP contribution >= 0.6 is 0 Å². The highest BCUT2D eigenvalue weighted by atomic mass is 15.1. The Bertz CT molecular complexity index is 998. The maximum absolute atomic E-state index is 4.74. The van der Waals surface area contributed by atoms with Gasteiger partial charge in [-0.25, -0.2) is 4.98 Å². The molecule has 0 aliphatic heterocycles. The molecule has 3 aromatic heterocycles. The second-order valence-electron chi connectivity index (χ2n) is 6.22. The second-order valence-corrected chi connectivity index (χ2v) is 6.22. The number of hydrogen-bond donors (Lipinski definition) is 0. The molecule has 3 heterocycles. The fourth-order valence-electron chi connectivity index (χ4n) is 3.29. The fraction of sp³-hybridized carbons (Fsp3) is 0.200. The summed E-state index contributed by atoms with van der Waals surface area (Å²) in [5.74, 6) is 1.03. The van der Waals surface area contributed by atoms with E-state index in [-0.39, 0.29) is 0 Å². The van der Waals surface area contributed by atoms with Crippen LogP contribution in [-0.4, -0.2) is 26.3 Å². The van der Waals surface area contributed by atoms with Gasteiger partial charge in [-0.15, -0.1) is 0 Å². The molecule has 0 saturated heterocycles. The molecular weight excluding hydrogens is 296 g/mol. The third-order valence-corrected chi connectivity index (χ3v) is 4.40. The Balaban J connectivity index is 1.61. The highest BCUT2D eigenvalue weighted by molar-refractivity contribution is 5.81. The molecule has 0 amide bonds. The number of rotatable bonds is 4. The van der Waals surface area contributed by atoms with Gasteiger partial charge in [0.1, 0.15) is 5.82 Å². The SMILES string of the molecule is Cc1nc(CN(C)Cc2cccc3ncccc23)c2ccccn12. The molecular formula is C20H20N4. The topological polar surface area (TPSA) is 33.4 Å². The van der Waals surface area contributed by atoms with Gasteiger partial charge in [-0.05, 0) is 43.8 Å². The molecule has 4 heteroatoms. The first kappa shape index (κ1) is 14.8. The Morgan fingerprint density at radius 2 is 1.92 bits per heavy atom. The van der Waals surface area contributed by atoms with Crippen LogP contribution in [0.5, 0.6) is 0 Å². The van der Waals surface area contributed by atoms with Gasteiger partial charge in [-0.3, -0.25) is 9.88 Å². The Morgan fingerprint density at radius 3 is 2.83 bits per heavy atom. The highest BCUT2D eigenvalue weighted by Gasteiger charge is 2.11. The third kappa shape index (κ3) is 2.65. The first-order valence-electron chi connectivity index (χ1n) is 8.16. The van der Waals surface area contributed by atoms with E-state index in [1.54, 1.807) is 0 Å². The third-order valence-electron chi connectivity index (χ3n) is 4.40. The van der Waals surface area contributed by atoms with Gasteiger partial charge in [-0.2, -0.15) is 0 Å². The van der Waals surface area contributed by atoms with E-state index in [1.807, 2.05) is 25.3 Å². The normalized spacial score (nSPS) is 11.6. The largest absolute Gasteiger partial charge is 0.304 e. The number of pyridine rings is 2. The minimum Gasteiger partial charge on any atom is -0.304 e. The molecule has 0 unspecified atom stereocenters. The summed E-state index contributed by atoms with van der Waals surface area (Å²) in [7, 11) is 2.14. The van der Waals surface area contributed by atoms with Crippen LogP contribution < -0.4 is 0 Å². The molecule has 0 N–H and O–H groups in total. The number of nitrogens with zero attached hydrogens (tertiary/aromatic N) is 4. The number of aryl methyl sites for hydroxylation is 1. The van der Waals surface area contributed by atoms with Crippen molar-refractivity contribution >= 4 is 16.4 Å². The average molecular weight is 316 g/mol. The molecule has 0 spiro atoms. The van der Waals surface area contributed by atoms with E-state index in [9.17, 15) is 0 Å². The second kappa shape index (κ2) is 6.06. The zero-order valence-electron chi connectivity index (χ0n) is 14.0. The number of benzene rings is 1. The van der Waals surface area contributed by atoms with Crippen LogP contribution in [-0.2, 0) is 13.1 Å². The zero-order valence-corrected chi connectivity index (χ0v) is 14.0. The Kier molecular flexibility index (Phi) is 3.75. The summed E-state index contributed by atoms with van der Waals surface area (Å²) in [5, 5.41) is 1.22. The zero-order chi connectivity index (χ0) is 16.5. The van der Waals surface area contributed by atoms with Gasteiger partial charge in [-0.1, -0.05) is 24.3 Å². The maximum Gasteiger partial charge on any atom is 0.110 e. The molecule has 24 heavy (non-hydrogen) atoms. The lowest BCUT2D eigenvalue weighted by atomic mass is 10.1.